The number of carboxylic acids is 1. The normalized spacial score (nSPS) is 12.6. The highest BCUT2D eigenvalue weighted by atomic mass is 35.5. The smallest absolute Gasteiger partial charge is 0.340 e. The summed E-state index contributed by atoms with van der Waals surface area (Å²) in [6.45, 7) is 3.36. The van der Waals surface area contributed by atoms with Gasteiger partial charge in [-0.25, -0.2) is 14.4 Å². The van der Waals surface area contributed by atoms with Crippen molar-refractivity contribution in [3.8, 4) is 0 Å². The van der Waals surface area contributed by atoms with E-state index in [0.29, 0.717) is 18.7 Å². The zero-order valence-electron chi connectivity index (χ0n) is 26.5. The first-order chi connectivity index (χ1) is 23.4. The van der Waals surface area contributed by atoms with E-state index in [2.05, 4.69) is 45.1 Å². The number of hydrogen-bond acceptors (Lipinski definition) is 7. The van der Waals surface area contributed by atoms with Gasteiger partial charge in [0.25, 0.3) is 5.91 Å². The molecular weight excluding hydrogens is 726 g/mol. The molecule has 0 radical (unpaired) electrons. The first-order valence-electron chi connectivity index (χ1n) is 15.0. The molecule has 0 spiro atoms. The fraction of sp³-hybridized carbons (Fsp3) is 0.243. The van der Waals surface area contributed by atoms with Gasteiger partial charge >= 0.3 is 17.9 Å². The maximum Gasteiger partial charge on any atom is 0.340 e. The van der Waals surface area contributed by atoms with Crippen LogP contribution in [0.3, 0.4) is 0 Å². The standard InChI is InChI=1S/C18H15Cl2NO3.C9H6Cl2O4.C9H11N.CH4/c1-24-18(23)16-14(19)8-13(9-15(16)20)17(22)21-7-6-11-4-2-3-5-12(11)10-21;1-15-9(14)7-5(10)2-4(8(12)13)3-6(7)11;1-2-4-9-7-10-6-5-8(9)3-1;/h2-5,8-9H,6-7,10H2,1H3;2-3H,1H3,(H,12,13);1-4,10H,5-7H2;1H4. The Labute approximate surface area is 311 Å². The fourth-order valence-corrected chi connectivity index (χ4v) is 6.54. The van der Waals surface area contributed by atoms with E-state index in [0.717, 1.165) is 37.2 Å². The summed E-state index contributed by atoms with van der Waals surface area (Å²) in [5.41, 5.74) is 5.69. The summed E-state index contributed by atoms with van der Waals surface area (Å²) in [5.74, 6) is -2.67. The van der Waals surface area contributed by atoms with Gasteiger partial charge in [0.2, 0.25) is 0 Å². The molecule has 2 N–H and O–H groups in total. The lowest BCUT2D eigenvalue weighted by Gasteiger charge is -2.29. The quantitative estimate of drug-likeness (QED) is 0.199. The number of benzene rings is 4. The molecule has 4 aromatic carbocycles. The van der Waals surface area contributed by atoms with Crippen molar-refractivity contribution >= 4 is 70.2 Å². The number of amides is 1. The van der Waals surface area contributed by atoms with Gasteiger partial charge < -0.3 is 24.8 Å². The Morgan fingerprint density at radius 3 is 1.58 bits per heavy atom. The molecule has 264 valence electrons. The number of nitrogens with one attached hydrogen (secondary N) is 1. The average Bonchev–Trinajstić information content (AvgIpc) is 3.10. The van der Waals surface area contributed by atoms with Crippen LogP contribution in [0, 0.1) is 0 Å². The lowest BCUT2D eigenvalue weighted by molar-refractivity contribution is 0.0592. The van der Waals surface area contributed by atoms with E-state index in [1.807, 2.05) is 18.2 Å². The number of methoxy groups -OCH3 is 2. The van der Waals surface area contributed by atoms with E-state index < -0.39 is 17.9 Å². The van der Waals surface area contributed by atoms with Crippen LogP contribution in [-0.2, 0) is 35.4 Å². The number of carboxylic acid groups (broad SMARTS) is 1. The molecule has 50 heavy (non-hydrogen) atoms. The summed E-state index contributed by atoms with van der Waals surface area (Å²) in [6, 6.07) is 21.9. The van der Waals surface area contributed by atoms with Crippen molar-refractivity contribution in [2.45, 2.75) is 33.4 Å². The number of esters is 2. The van der Waals surface area contributed by atoms with E-state index >= 15 is 0 Å². The third kappa shape index (κ3) is 9.99. The first kappa shape index (κ1) is 40.3. The second kappa shape index (κ2) is 18.8. The minimum Gasteiger partial charge on any atom is -0.478 e. The van der Waals surface area contributed by atoms with Crippen LogP contribution in [-0.4, -0.2) is 61.1 Å². The molecule has 6 rings (SSSR count). The molecule has 0 bridgehead atoms. The Hall–Kier alpha value is -4.12. The van der Waals surface area contributed by atoms with Crippen LogP contribution in [0.15, 0.2) is 72.8 Å². The predicted molar refractivity (Wildman–Crippen MR) is 196 cm³/mol. The Morgan fingerprint density at radius 1 is 0.680 bits per heavy atom. The molecule has 2 heterocycles. The molecule has 2 aliphatic rings. The van der Waals surface area contributed by atoms with Crippen molar-refractivity contribution in [2.24, 2.45) is 0 Å². The second-order valence-electron chi connectivity index (χ2n) is 10.9. The van der Waals surface area contributed by atoms with Gasteiger partial charge in [-0.05, 0) is 65.9 Å². The highest BCUT2D eigenvalue weighted by Gasteiger charge is 2.25. The maximum atomic E-state index is 12.8. The van der Waals surface area contributed by atoms with Crippen LogP contribution in [0.1, 0.15) is 71.1 Å². The van der Waals surface area contributed by atoms with E-state index in [1.165, 1.54) is 49.5 Å². The van der Waals surface area contributed by atoms with Gasteiger partial charge in [0.1, 0.15) is 0 Å². The van der Waals surface area contributed by atoms with Crippen LogP contribution in [0.4, 0.5) is 0 Å². The van der Waals surface area contributed by atoms with Gasteiger partial charge in [-0.2, -0.15) is 0 Å². The Morgan fingerprint density at radius 2 is 1.12 bits per heavy atom. The number of hydrogen-bond donors (Lipinski definition) is 2. The monoisotopic (exact) mass is 760 g/mol. The molecule has 0 saturated carbocycles. The van der Waals surface area contributed by atoms with Gasteiger partial charge in [0.15, 0.2) is 0 Å². The highest BCUT2D eigenvalue weighted by Crippen LogP contribution is 2.30. The van der Waals surface area contributed by atoms with Crippen LogP contribution < -0.4 is 5.32 Å². The van der Waals surface area contributed by atoms with Crippen molar-refractivity contribution < 1.29 is 33.8 Å². The highest BCUT2D eigenvalue weighted by molar-refractivity contribution is 6.40. The summed E-state index contributed by atoms with van der Waals surface area (Å²) >= 11 is 23.6. The van der Waals surface area contributed by atoms with Gasteiger partial charge in [-0.3, -0.25) is 4.79 Å². The molecule has 4 aromatic rings. The van der Waals surface area contributed by atoms with Crippen LogP contribution >= 0.6 is 46.4 Å². The summed E-state index contributed by atoms with van der Waals surface area (Å²) < 4.78 is 9.09. The zero-order chi connectivity index (χ0) is 35.7. The third-order valence-electron chi connectivity index (χ3n) is 7.78. The summed E-state index contributed by atoms with van der Waals surface area (Å²) in [5, 5.41) is 12.1. The molecule has 2 aliphatic heterocycles. The van der Waals surface area contributed by atoms with Crippen molar-refractivity contribution in [1.82, 2.24) is 10.2 Å². The van der Waals surface area contributed by atoms with Crippen molar-refractivity contribution in [1.29, 1.82) is 0 Å². The Kier molecular flexibility index (Phi) is 15.1. The van der Waals surface area contributed by atoms with Gasteiger partial charge in [-0.15, -0.1) is 0 Å². The maximum absolute atomic E-state index is 12.8. The van der Waals surface area contributed by atoms with Gasteiger partial charge in [-0.1, -0.05) is 102 Å². The minimum atomic E-state index is -1.17. The molecule has 0 aromatic heterocycles. The van der Waals surface area contributed by atoms with Crippen molar-refractivity contribution in [2.75, 3.05) is 27.3 Å². The third-order valence-corrected chi connectivity index (χ3v) is 8.97. The number of halogens is 4. The van der Waals surface area contributed by atoms with E-state index in [1.54, 1.807) is 4.90 Å². The van der Waals surface area contributed by atoms with E-state index in [9.17, 15) is 19.2 Å². The summed E-state index contributed by atoms with van der Waals surface area (Å²) in [6.07, 6.45) is 2.00. The first-order valence-corrected chi connectivity index (χ1v) is 16.5. The number of carbonyl (C=O) groups excluding carboxylic acids is 3. The SMILES string of the molecule is C.COC(=O)c1c(Cl)cc(C(=O)N2CCc3ccccc3C2)cc1Cl.COC(=O)c1c(Cl)cc(C(=O)O)cc1Cl.c1ccc2c(c1)CCNC2. The Bertz CT molecular complexity index is 1810. The number of nitrogens with zero attached hydrogens (tertiary/aromatic N) is 1. The average molecular weight is 763 g/mol. The topological polar surface area (TPSA) is 122 Å². The lowest BCUT2D eigenvalue weighted by atomic mass is 9.99. The molecule has 0 aliphatic carbocycles. The Balaban J connectivity index is 0.000000221. The zero-order valence-corrected chi connectivity index (χ0v) is 29.6. The number of aromatic carboxylic acids is 1. The van der Waals surface area contributed by atoms with Gasteiger partial charge in [0.05, 0.1) is 51.0 Å². The lowest BCUT2D eigenvalue weighted by Crippen LogP contribution is -2.36. The van der Waals surface area contributed by atoms with Crippen LogP contribution in [0.2, 0.25) is 20.1 Å². The van der Waals surface area contributed by atoms with E-state index in [-0.39, 0.29) is 50.1 Å². The van der Waals surface area contributed by atoms with Crippen LogP contribution in [0.5, 0.6) is 0 Å². The molecule has 1 amide bonds. The minimum absolute atomic E-state index is 0. The summed E-state index contributed by atoms with van der Waals surface area (Å²) in [7, 11) is 2.43. The summed E-state index contributed by atoms with van der Waals surface area (Å²) in [4.78, 5) is 48.0. The predicted octanol–water partition coefficient (Wildman–Crippen LogP) is 8.43. The number of ether oxygens (including phenoxy) is 2. The number of rotatable bonds is 4. The molecular formula is C37H36Cl4N2O7. The molecule has 9 nitrogen and oxygen atoms in total. The van der Waals surface area contributed by atoms with Gasteiger partial charge in [0, 0.05) is 25.2 Å². The number of fused-ring (bicyclic) bond motifs is 2. The second-order valence-corrected chi connectivity index (χ2v) is 12.5. The molecule has 0 unspecified atom stereocenters. The largest absolute Gasteiger partial charge is 0.478 e. The number of carbonyl (C=O) groups is 4. The molecule has 0 fully saturated rings. The molecule has 0 atom stereocenters. The molecule has 0 saturated heterocycles. The molecule has 13 heteroatoms. The fourth-order valence-electron chi connectivity index (χ4n) is 5.26. The van der Waals surface area contributed by atoms with E-state index in [4.69, 9.17) is 51.5 Å². The van der Waals surface area contributed by atoms with Crippen molar-refractivity contribution in [3.05, 3.63) is 137 Å². The van der Waals surface area contributed by atoms with Crippen LogP contribution in [0.25, 0.3) is 0 Å². The van der Waals surface area contributed by atoms with Crippen molar-refractivity contribution in [3.63, 3.8) is 0 Å².